The predicted octanol–water partition coefficient (Wildman–Crippen LogP) is 3.91. The molecule has 3 rings (SSSR count). The highest BCUT2D eigenvalue weighted by Gasteiger charge is 2.23. The van der Waals surface area contributed by atoms with Gasteiger partial charge in [-0.15, -0.1) is 0 Å². The Bertz CT molecular complexity index is 1030. The summed E-state index contributed by atoms with van der Waals surface area (Å²) >= 11 is 5.88. The van der Waals surface area contributed by atoms with Crippen LogP contribution in [0, 0.1) is 11.6 Å². The Kier molecular flexibility index (Phi) is 4.07. The Morgan fingerprint density at radius 1 is 1.17 bits per heavy atom. The van der Waals surface area contributed by atoms with E-state index in [2.05, 4.69) is 9.72 Å². The molecule has 24 heavy (non-hydrogen) atoms. The molecule has 3 aromatic rings. The number of rotatable bonds is 2. The molecule has 0 radical (unpaired) electrons. The lowest BCUT2D eigenvalue weighted by atomic mass is 10.0. The van der Waals surface area contributed by atoms with Gasteiger partial charge in [0.15, 0.2) is 0 Å². The zero-order chi connectivity index (χ0) is 17.4. The van der Waals surface area contributed by atoms with Crippen LogP contribution in [0.3, 0.4) is 0 Å². The van der Waals surface area contributed by atoms with Crippen LogP contribution in [0.5, 0.6) is 0 Å². The van der Waals surface area contributed by atoms with Gasteiger partial charge in [0.1, 0.15) is 17.2 Å². The molecule has 0 fully saturated rings. The molecule has 0 saturated carbocycles. The van der Waals surface area contributed by atoms with Crippen molar-refractivity contribution in [3.8, 4) is 11.3 Å². The van der Waals surface area contributed by atoms with Gasteiger partial charge in [-0.3, -0.25) is 4.79 Å². The van der Waals surface area contributed by atoms with E-state index in [1.165, 1.54) is 18.2 Å². The number of aromatic amines is 1. The predicted molar refractivity (Wildman–Crippen MR) is 86.3 cm³/mol. The van der Waals surface area contributed by atoms with Crippen LogP contribution in [-0.4, -0.2) is 18.1 Å². The van der Waals surface area contributed by atoms with Crippen LogP contribution in [0.2, 0.25) is 5.02 Å². The summed E-state index contributed by atoms with van der Waals surface area (Å²) in [4.78, 5) is 27.5. The third-order valence-corrected chi connectivity index (χ3v) is 3.79. The molecule has 4 nitrogen and oxygen atoms in total. The Balaban J connectivity index is 2.46. The number of methoxy groups -OCH3 is 1. The molecule has 0 aliphatic rings. The van der Waals surface area contributed by atoms with Crippen molar-refractivity contribution in [3.63, 3.8) is 0 Å². The number of aromatic nitrogens is 1. The zero-order valence-corrected chi connectivity index (χ0v) is 13.1. The zero-order valence-electron chi connectivity index (χ0n) is 12.3. The molecular formula is C17H10ClF2NO3. The molecule has 1 N–H and O–H groups in total. The molecule has 0 amide bonds. The lowest BCUT2D eigenvalue weighted by molar-refractivity contribution is 0.0600. The van der Waals surface area contributed by atoms with Crippen LogP contribution in [0.15, 0.2) is 41.2 Å². The van der Waals surface area contributed by atoms with Gasteiger partial charge in [0.2, 0.25) is 5.43 Å². The smallest absolute Gasteiger partial charge is 0.344 e. The molecule has 122 valence electrons. The van der Waals surface area contributed by atoms with E-state index in [0.29, 0.717) is 10.5 Å². The molecule has 0 aliphatic carbocycles. The molecule has 0 bridgehead atoms. The standard InChI is InChI=1S/C17H10ClF2NO3/c1-24-17(23)14-15(10-7-9(19)3-4-12(10)20)21-13-5-2-8(18)6-11(13)16(14)22/h2-7H,1H3,(H,21,22). The normalized spacial score (nSPS) is 10.8. The van der Waals surface area contributed by atoms with E-state index in [-0.39, 0.29) is 16.6 Å². The minimum Gasteiger partial charge on any atom is -0.465 e. The molecule has 1 aromatic heterocycles. The Morgan fingerprint density at radius 2 is 1.92 bits per heavy atom. The van der Waals surface area contributed by atoms with Gasteiger partial charge in [-0.2, -0.15) is 0 Å². The van der Waals surface area contributed by atoms with Gasteiger partial charge in [-0.05, 0) is 36.4 Å². The van der Waals surface area contributed by atoms with Crippen molar-refractivity contribution in [2.24, 2.45) is 0 Å². The second-order valence-electron chi connectivity index (χ2n) is 5.01. The summed E-state index contributed by atoms with van der Waals surface area (Å²) in [5.41, 5.74) is -1.17. The van der Waals surface area contributed by atoms with E-state index >= 15 is 0 Å². The summed E-state index contributed by atoms with van der Waals surface area (Å²) in [6.07, 6.45) is 0. The van der Waals surface area contributed by atoms with E-state index < -0.39 is 28.6 Å². The summed E-state index contributed by atoms with van der Waals surface area (Å²) in [6, 6.07) is 7.18. The van der Waals surface area contributed by atoms with Crippen molar-refractivity contribution in [2.45, 2.75) is 0 Å². The van der Waals surface area contributed by atoms with Crippen LogP contribution < -0.4 is 5.43 Å². The van der Waals surface area contributed by atoms with Crippen LogP contribution in [0.25, 0.3) is 22.2 Å². The summed E-state index contributed by atoms with van der Waals surface area (Å²) in [7, 11) is 1.09. The van der Waals surface area contributed by atoms with Crippen molar-refractivity contribution < 1.29 is 18.3 Å². The third kappa shape index (κ3) is 2.65. The van der Waals surface area contributed by atoms with Crippen molar-refractivity contribution in [1.29, 1.82) is 0 Å². The van der Waals surface area contributed by atoms with E-state index in [0.717, 1.165) is 25.3 Å². The number of benzene rings is 2. The maximum absolute atomic E-state index is 14.1. The summed E-state index contributed by atoms with van der Waals surface area (Å²) in [5, 5.41) is 0.442. The summed E-state index contributed by atoms with van der Waals surface area (Å²) < 4.78 is 32.3. The minimum atomic E-state index is -0.961. The number of halogens is 3. The maximum Gasteiger partial charge on any atom is 0.344 e. The first kappa shape index (κ1) is 16.1. The van der Waals surface area contributed by atoms with E-state index in [9.17, 15) is 18.4 Å². The van der Waals surface area contributed by atoms with Crippen LogP contribution in [-0.2, 0) is 4.74 Å². The monoisotopic (exact) mass is 349 g/mol. The van der Waals surface area contributed by atoms with Gasteiger partial charge in [0.25, 0.3) is 0 Å². The van der Waals surface area contributed by atoms with Crippen molar-refractivity contribution in [3.05, 3.63) is 68.8 Å². The molecule has 0 atom stereocenters. The van der Waals surface area contributed by atoms with Gasteiger partial charge in [0, 0.05) is 21.5 Å². The molecular weight excluding hydrogens is 340 g/mol. The van der Waals surface area contributed by atoms with E-state index in [4.69, 9.17) is 11.6 Å². The van der Waals surface area contributed by atoms with Gasteiger partial charge in [-0.25, -0.2) is 13.6 Å². The first-order valence-electron chi connectivity index (χ1n) is 6.81. The second kappa shape index (κ2) is 6.05. The highest BCUT2D eigenvalue weighted by molar-refractivity contribution is 6.31. The quantitative estimate of drug-likeness (QED) is 0.713. The molecule has 0 saturated heterocycles. The fourth-order valence-electron chi connectivity index (χ4n) is 2.45. The topological polar surface area (TPSA) is 59.2 Å². The number of hydrogen-bond donors (Lipinski definition) is 1. The summed E-state index contributed by atoms with van der Waals surface area (Å²) in [6.45, 7) is 0. The second-order valence-corrected chi connectivity index (χ2v) is 5.45. The molecule has 0 unspecified atom stereocenters. The first-order chi connectivity index (χ1) is 11.4. The van der Waals surface area contributed by atoms with Gasteiger partial charge >= 0.3 is 5.97 Å². The largest absolute Gasteiger partial charge is 0.465 e. The number of H-pyrrole nitrogens is 1. The highest BCUT2D eigenvalue weighted by Crippen LogP contribution is 2.27. The Morgan fingerprint density at radius 3 is 2.62 bits per heavy atom. The fraction of sp³-hybridized carbons (Fsp3) is 0.0588. The lowest BCUT2D eigenvalue weighted by Gasteiger charge is -2.11. The van der Waals surface area contributed by atoms with Crippen LogP contribution >= 0.6 is 11.6 Å². The third-order valence-electron chi connectivity index (χ3n) is 3.55. The number of ether oxygens (including phenoxy) is 1. The number of carbonyl (C=O) groups excluding carboxylic acids is 1. The number of fused-ring (bicyclic) bond motifs is 1. The average Bonchev–Trinajstić information content (AvgIpc) is 2.57. The number of carbonyl (C=O) groups is 1. The SMILES string of the molecule is COC(=O)c1c(-c2cc(F)ccc2F)[nH]c2ccc(Cl)cc2c1=O. The highest BCUT2D eigenvalue weighted by atomic mass is 35.5. The fourth-order valence-corrected chi connectivity index (χ4v) is 2.62. The Labute approximate surface area is 139 Å². The molecule has 7 heteroatoms. The molecule has 2 aromatic carbocycles. The number of hydrogen-bond acceptors (Lipinski definition) is 3. The van der Waals surface area contributed by atoms with Gasteiger partial charge in [-0.1, -0.05) is 11.6 Å². The first-order valence-corrected chi connectivity index (χ1v) is 7.19. The van der Waals surface area contributed by atoms with Gasteiger partial charge in [0.05, 0.1) is 12.8 Å². The lowest BCUT2D eigenvalue weighted by Crippen LogP contribution is -2.20. The molecule has 1 heterocycles. The summed E-state index contributed by atoms with van der Waals surface area (Å²) in [5.74, 6) is -2.46. The van der Waals surface area contributed by atoms with E-state index in [1.54, 1.807) is 0 Å². The number of esters is 1. The van der Waals surface area contributed by atoms with Crippen molar-refractivity contribution >= 4 is 28.5 Å². The van der Waals surface area contributed by atoms with E-state index in [1.807, 2.05) is 0 Å². The minimum absolute atomic E-state index is 0.142. The van der Waals surface area contributed by atoms with Crippen molar-refractivity contribution in [1.82, 2.24) is 4.98 Å². The Hall–Kier alpha value is -2.73. The van der Waals surface area contributed by atoms with Gasteiger partial charge < -0.3 is 9.72 Å². The molecule has 0 aliphatic heterocycles. The van der Waals surface area contributed by atoms with Crippen LogP contribution in [0.1, 0.15) is 10.4 Å². The average molecular weight is 350 g/mol. The van der Waals surface area contributed by atoms with Crippen molar-refractivity contribution in [2.75, 3.05) is 7.11 Å². The molecule has 0 spiro atoms. The number of pyridine rings is 1. The van der Waals surface area contributed by atoms with Crippen LogP contribution in [0.4, 0.5) is 8.78 Å². The number of nitrogens with one attached hydrogen (secondary N) is 1. The maximum atomic E-state index is 14.1.